The van der Waals surface area contributed by atoms with Gasteiger partial charge in [-0.1, -0.05) is 24.3 Å². The fourth-order valence-electron chi connectivity index (χ4n) is 2.69. The number of morpholine rings is 2. The van der Waals surface area contributed by atoms with Crippen molar-refractivity contribution in [1.29, 1.82) is 0 Å². The minimum absolute atomic E-state index is 0.207. The second kappa shape index (κ2) is 6.48. The van der Waals surface area contributed by atoms with Gasteiger partial charge in [0.05, 0.1) is 25.9 Å². The molecule has 19 heavy (non-hydrogen) atoms. The SMILES string of the molecule is c1cc(CN2CCOCC2)cc(C2CNCCO2)c1. The van der Waals surface area contributed by atoms with Crippen LogP contribution in [0.5, 0.6) is 0 Å². The topological polar surface area (TPSA) is 33.7 Å². The fraction of sp³-hybridized carbons (Fsp3) is 0.600. The second-order valence-electron chi connectivity index (χ2n) is 5.20. The van der Waals surface area contributed by atoms with Crippen molar-refractivity contribution in [1.82, 2.24) is 10.2 Å². The first-order valence-electron chi connectivity index (χ1n) is 7.13. The number of hydrogen-bond acceptors (Lipinski definition) is 4. The van der Waals surface area contributed by atoms with Crippen molar-refractivity contribution in [3.05, 3.63) is 35.4 Å². The molecule has 104 valence electrons. The molecule has 0 aliphatic carbocycles. The molecular weight excluding hydrogens is 240 g/mol. The maximum absolute atomic E-state index is 5.81. The molecule has 3 rings (SSSR count). The van der Waals surface area contributed by atoms with Gasteiger partial charge in [0.15, 0.2) is 0 Å². The van der Waals surface area contributed by atoms with Crippen LogP contribution < -0.4 is 5.32 Å². The van der Waals surface area contributed by atoms with E-state index in [4.69, 9.17) is 9.47 Å². The van der Waals surface area contributed by atoms with Gasteiger partial charge < -0.3 is 14.8 Å². The van der Waals surface area contributed by atoms with Gasteiger partial charge in [0.2, 0.25) is 0 Å². The fourth-order valence-corrected chi connectivity index (χ4v) is 2.69. The Labute approximate surface area is 114 Å². The van der Waals surface area contributed by atoms with Crippen molar-refractivity contribution >= 4 is 0 Å². The third-order valence-corrected chi connectivity index (χ3v) is 3.76. The highest BCUT2D eigenvalue weighted by molar-refractivity contribution is 5.26. The average Bonchev–Trinajstić information content (AvgIpc) is 2.49. The van der Waals surface area contributed by atoms with E-state index >= 15 is 0 Å². The van der Waals surface area contributed by atoms with E-state index in [1.54, 1.807) is 0 Å². The Hall–Kier alpha value is -0.940. The van der Waals surface area contributed by atoms with Crippen molar-refractivity contribution in [3.8, 4) is 0 Å². The summed E-state index contributed by atoms with van der Waals surface area (Å²) in [4.78, 5) is 2.45. The first-order chi connectivity index (χ1) is 9.42. The molecule has 4 heteroatoms. The van der Waals surface area contributed by atoms with Crippen molar-refractivity contribution < 1.29 is 9.47 Å². The van der Waals surface area contributed by atoms with Crippen LogP contribution in [0.3, 0.4) is 0 Å². The van der Waals surface area contributed by atoms with Gasteiger partial charge in [0, 0.05) is 32.7 Å². The minimum Gasteiger partial charge on any atom is -0.379 e. The van der Waals surface area contributed by atoms with Crippen LogP contribution in [0.4, 0.5) is 0 Å². The van der Waals surface area contributed by atoms with Gasteiger partial charge in [0.1, 0.15) is 0 Å². The van der Waals surface area contributed by atoms with Gasteiger partial charge in [-0.3, -0.25) is 4.90 Å². The van der Waals surface area contributed by atoms with Gasteiger partial charge >= 0.3 is 0 Å². The summed E-state index contributed by atoms with van der Waals surface area (Å²) in [5.74, 6) is 0. The normalized spacial score (nSPS) is 25.4. The second-order valence-corrected chi connectivity index (χ2v) is 5.20. The zero-order valence-electron chi connectivity index (χ0n) is 11.3. The lowest BCUT2D eigenvalue weighted by Gasteiger charge is -2.27. The Balaban J connectivity index is 1.64. The van der Waals surface area contributed by atoms with E-state index in [2.05, 4.69) is 34.5 Å². The molecule has 0 radical (unpaired) electrons. The molecule has 1 N–H and O–H groups in total. The highest BCUT2D eigenvalue weighted by atomic mass is 16.5. The Morgan fingerprint density at radius 1 is 1.21 bits per heavy atom. The van der Waals surface area contributed by atoms with Crippen LogP contribution in [-0.2, 0) is 16.0 Å². The summed E-state index contributed by atoms with van der Waals surface area (Å²) in [7, 11) is 0. The molecule has 2 saturated heterocycles. The lowest BCUT2D eigenvalue weighted by Crippen LogP contribution is -2.35. The van der Waals surface area contributed by atoms with E-state index in [0.717, 1.165) is 52.5 Å². The highest BCUT2D eigenvalue weighted by Crippen LogP contribution is 2.20. The molecule has 2 aliphatic rings. The summed E-state index contributed by atoms with van der Waals surface area (Å²) in [5, 5.41) is 3.38. The van der Waals surface area contributed by atoms with E-state index in [0.29, 0.717) is 0 Å². The molecule has 0 aromatic heterocycles. The van der Waals surface area contributed by atoms with E-state index in [9.17, 15) is 0 Å². The Bertz CT molecular complexity index is 399. The van der Waals surface area contributed by atoms with Crippen LogP contribution in [0.25, 0.3) is 0 Å². The molecule has 1 atom stereocenters. The van der Waals surface area contributed by atoms with Crippen LogP contribution >= 0.6 is 0 Å². The van der Waals surface area contributed by atoms with Crippen molar-refractivity contribution in [2.24, 2.45) is 0 Å². The van der Waals surface area contributed by atoms with Crippen LogP contribution in [0, 0.1) is 0 Å². The predicted molar refractivity (Wildman–Crippen MR) is 74.1 cm³/mol. The van der Waals surface area contributed by atoms with Gasteiger partial charge in [-0.25, -0.2) is 0 Å². The number of nitrogens with one attached hydrogen (secondary N) is 1. The molecular formula is C15H22N2O2. The monoisotopic (exact) mass is 262 g/mol. The van der Waals surface area contributed by atoms with Gasteiger partial charge in [0.25, 0.3) is 0 Å². The summed E-state index contributed by atoms with van der Waals surface area (Å²) < 4.78 is 11.2. The number of nitrogens with zero attached hydrogens (tertiary/aromatic N) is 1. The molecule has 0 bridgehead atoms. The summed E-state index contributed by atoms with van der Waals surface area (Å²) in [6, 6.07) is 8.80. The van der Waals surface area contributed by atoms with Crippen LogP contribution in [0.15, 0.2) is 24.3 Å². The maximum Gasteiger partial charge on any atom is 0.0949 e. The maximum atomic E-state index is 5.81. The molecule has 1 aromatic rings. The van der Waals surface area contributed by atoms with Crippen molar-refractivity contribution in [2.45, 2.75) is 12.6 Å². The third kappa shape index (κ3) is 3.54. The molecule has 4 nitrogen and oxygen atoms in total. The third-order valence-electron chi connectivity index (χ3n) is 3.76. The molecule has 0 saturated carbocycles. The van der Waals surface area contributed by atoms with E-state index in [1.807, 2.05) is 0 Å². The molecule has 2 fully saturated rings. The average molecular weight is 262 g/mol. The van der Waals surface area contributed by atoms with Crippen LogP contribution in [0.2, 0.25) is 0 Å². The largest absolute Gasteiger partial charge is 0.379 e. The van der Waals surface area contributed by atoms with Crippen molar-refractivity contribution in [3.63, 3.8) is 0 Å². The summed E-state index contributed by atoms with van der Waals surface area (Å²) in [6.45, 7) is 7.47. The Kier molecular flexibility index (Phi) is 4.45. The van der Waals surface area contributed by atoms with Crippen LogP contribution in [-0.4, -0.2) is 50.9 Å². The van der Waals surface area contributed by atoms with E-state index < -0.39 is 0 Å². The Morgan fingerprint density at radius 3 is 2.89 bits per heavy atom. The molecule has 2 aliphatic heterocycles. The number of ether oxygens (including phenoxy) is 2. The summed E-state index contributed by atoms with van der Waals surface area (Å²) in [5.41, 5.74) is 2.66. The van der Waals surface area contributed by atoms with Crippen molar-refractivity contribution in [2.75, 3.05) is 46.0 Å². The highest BCUT2D eigenvalue weighted by Gasteiger charge is 2.16. The molecule has 0 spiro atoms. The summed E-state index contributed by atoms with van der Waals surface area (Å²) in [6.07, 6.45) is 0.207. The van der Waals surface area contributed by atoms with Gasteiger partial charge in [-0.2, -0.15) is 0 Å². The lowest BCUT2D eigenvalue weighted by atomic mass is 10.0. The first kappa shape index (κ1) is 13.1. The number of hydrogen-bond donors (Lipinski definition) is 1. The number of rotatable bonds is 3. The molecule has 0 amide bonds. The standard InChI is InChI=1S/C15H22N2O2/c1-2-13(12-17-5-8-18-9-6-17)10-14(3-1)15-11-16-4-7-19-15/h1-3,10,15-16H,4-9,11-12H2. The summed E-state index contributed by atoms with van der Waals surface area (Å²) >= 11 is 0. The smallest absolute Gasteiger partial charge is 0.0949 e. The van der Waals surface area contributed by atoms with Crippen LogP contribution in [0.1, 0.15) is 17.2 Å². The number of benzene rings is 1. The van der Waals surface area contributed by atoms with E-state index in [-0.39, 0.29) is 6.10 Å². The van der Waals surface area contributed by atoms with Gasteiger partial charge in [-0.05, 0) is 11.1 Å². The zero-order valence-corrected chi connectivity index (χ0v) is 11.3. The zero-order chi connectivity index (χ0) is 12.9. The quantitative estimate of drug-likeness (QED) is 0.887. The molecule has 1 unspecified atom stereocenters. The lowest BCUT2D eigenvalue weighted by molar-refractivity contribution is 0.0271. The van der Waals surface area contributed by atoms with E-state index in [1.165, 1.54) is 11.1 Å². The minimum atomic E-state index is 0.207. The first-order valence-corrected chi connectivity index (χ1v) is 7.13. The molecule has 1 aromatic carbocycles. The van der Waals surface area contributed by atoms with Gasteiger partial charge in [-0.15, -0.1) is 0 Å². The molecule has 2 heterocycles. The Morgan fingerprint density at radius 2 is 2.11 bits per heavy atom. The predicted octanol–water partition coefficient (Wildman–Crippen LogP) is 1.18.